The van der Waals surface area contributed by atoms with Crippen LogP contribution in [0.25, 0.3) is 0 Å². The van der Waals surface area contributed by atoms with Crippen molar-refractivity contribution < 1.29 is 14.3 Å². The summed E-state index contributed by atoms with van der Waals surface area (Å²) in [5, 5.41) is 20.4. The molecule has 0 saturated heterocycles. The molecule has 1 N–H and O–H groups in total. The fourth-order valence-corrected chi connectivity index (χ4v) is 3.80. The quantitative estimate of drug-likeness (QED) is 0.540. The summed E-state index contributed by atoms with van der Waals surface area (Å²) in [7, 11) is 3.44. The SMILES string of the molecule is COc1cc(C)ccc1OCc1nnc(S[C@H](C)C(=O)Nc2nnc(C)s2)n1C. The number of rotatable bonds is 8. The summed E-state index contributed by atoms with van der Waals surface area (Å²) in [5.74, 6) is 1.77. The second-order valence-corrected chi connectivity index (χ2v) is 8.77. The monoisotopic (exact) mass is 434 g/mol. The van der Waals surface area contributed by atoms with Crippen LogP contribution in [-0.4, -0.2) is 43.2 Å². The van der Waals surface area contributed by atoms with Gasteiger partial charge in [-0.05, 0) is 38.5 Å². The first-order valence-electron chi connectivity index (χ1n) is 8.80. The summed E-state index contributed by atoms with van der Waals surface area (Å²) in [4.78, 5) is 12.4. The zero-order valence-electron chi connectivity index (χ0n) is 16.8. The Kier molecular flexibility index (Phi) is 6.70. The Morgan fingerprint density at radius 2 is 2.03 bits per heavy atom. The van der Waals surface area contributed by atoms with Crippen LogP contribution < -0.4 is 14.8 Å². The number of anilines is 1. The number of nitrogens with zero attached hydrogens (tertiary/aromatic N) is 5. The van der Waals surface area contributed by atoms with Crippen LogP contribution in [0.5, 0.6) is 11.5 Å². The fourth-order valence-electron chi connectivity index (χ4n) is 2.38. The molecule has 29 heavy (non-hydrogen) atoms. The Morgan fingerprint density at radius 3 is 2.72 bits per heavy atom. The molecule has 0 unspecified atom stereocenters. The Morgan fingerprint density at radius 1 is 1.24 bits per heavy atom. The Labute approximate surface area is 176 Å². The van der Waals surface area contributed by atoms with Gasteiger partial charge in [0.05, 0.1) is 12.4 Å². The third kappa shape index (κ3) is 5.24. The Bertz CT molecular complexity index is 1000. The van der Waals surface area contributed by atoms with E-state index in [1.54, 1.807) is 14.0 Å². The molecule has 0 aliphatic carbocycles. The van der Waals surface area contributed by atoms with Gasteiger partial charge in [-0.25, -0.2) is 0 Å². The lowest BCUT2D eigenvalue weighted by Crippen LogP contribution is -2.22. The molecule has 0 saturated carbocycles. The number of aryl methyl sites for hydroxylation is 2. The van der Waals surface area contributed by atoms with Crippen molar-refractivity contribution >= 4 is 34.1 Å². The van der Waals surface area contributed by atoms with Crippen molar-refractivity contribution in [3.05, 3.63) is 34.6 Å². The number of hydrogen-bond donors (Lipinski definition) is 1. The van der Waals surface area contributed by atoms with Crippen molar-refractivity contribution in [3.8, 4) is 11.5 Å². The van der Waals surface area contributed by atoms with Crippen LogP contribution in [0.15, 0.2) is 23.4 Å². The van der Waals surface area contributed by atoms with Gasteiger partial charge in [0.15, 0.2) is 22.5 Å². The number of ether oxygens (including phenoxy) is 2. The summed E-state index contributed by atoms with van der Waals surface area (Å²) in [6, 6.07) is 5.73. The number of hydrogen-bond acceptors (Lipinski definition) is 9. The van der Waals surface area contributed by atoms with E-state index in [2.05, 4.69) is 25.7 Å². The van der Waals surface area contributed by atoms with E-state index in [1.807, 2.05) is 43.7 Å². The zero-order valence-corrected chi connectivity index (χ0v) is 18.4. The van der Waals surface area contributed by atoms with Crippen molar-refractivity contribution in [1.82, 2.24) is 25.0 Å². The highest BCUT2D eigenvalue weighted by Gasteiger charge is 2.20. The number of carbonyl (C=O) groups excluding carboxylic acids is 1. The predicted molar refractivity (Wildman–Crippen MR) is 112 cm³/mol. The number of aromatic nitrogens is 5. The van der Waals surface area contributed by atoms with Crippen molar-refractivity contribution in [2.24, 2.45) is 7.05 Å². The van der Waals surface area contributed by atoms with E-state index in [4.69, 9.17) is 9.47 Å². The number of carbonyl (C=O) groups is 1. The normalized spacial score (nSPS) is 11.9. The van der Waals surface area contributed by atoms with Gasteiger partial charge in [0.2, 0.25) is 11.0 Å². The second kappa shape index (κ2) is 9.23. The molecule has 154 valence electrons. The number of methoxy groups -OCH3 is 1. The van der Waals surface area contributed by atoms with Gasteiger partial charge < -0.3 is 14.0 Å². The smallest absolute Gasteiger partial charge is 0.239 e. The summed E-state index contributed by atoms with van der Waals surface area (Å²) >= 11 is 2.64. The predicted octanol–water partition coefficient (Wildman–Crippen LogP) is 2.99. The van der Waals surface area contributed by atoms with Crippen LogP contribution in [0.1, 0.15) is 23.3 Å². The van der Waals surface area contributed by atoms with Gasteiger partial charge >= 0.3 is 0 Å². The first-order chi connectivity index (χ1) is 13.9. The van der Waals surface area contributed by atoms with Gasteiger partial charge in [0.25, 0.3) is 0 Å². The maximum atomic E-state index is 12.4. The van der Waals surface area contributed by atoms with E-state index in [9.17, 15) is 4.79 Å². The molecule has 0 spiro atoms. The number of amides is 1. The third-order valence-electron chi connectivity index (χ3n) is 4.01. The van der Waals surface area contributed by atoms with E-state index < -0.39 is 0 Å². The summed E-state index contributed by atoms with van der Waals surface area (Å²) in [6.07, 6.45) is 0. The highest BCUT2D eigenvalue weighted by Crippen LogP contribution is 2.29. The van der Waals surface area contributed by atoms with E-state index in [0.717, 1.165) is 10.6 Å². The van der Waals surface area contributed by atoms with Crippen molar-refractivity contribution in [1.29, 1.82) is 0 Å². The summed E-state index contributed by atoms with van der Waals surface area (Å²) in [5.41, 5.74) is 1.09. The Balaban J connectivity index is 1.61. The van der Waals surface area contributed by atoms with Crippen LogP contribution in [0, 0.1) is 13.8 Å². The van der Waals surface area contributed by atoms with Crippen molar-refractivity contribution in [2.45, 2.75) is 37.8 Å². The maximum absolute atomic E-state index is 12.4. The average molecular weight is 435 g/mol. The first-order valence-corrected chi connectivity index (χ1v) is 10.5. The van der Waals surface area contributed by atoms with E-state index in [-0.39, 0.29) is 17.8 Å². The lowest BCUT2D eigenvalue weighted by molar-refractivity contribution is -0.115. The molecular formula is C18H22N6O3S2. The van der Waals surface area contributed by atoms with Crippen LogP contribution in [0.3, 0.4) is 0 Å². The molecule has 0 bridgehead atoms. The second-order valence-electron chi connectivity index (χ2n) is 6.28. The molecule has 3 rings (SSSR count). The van der Waals surface area contributed by atoms with Crippen LogP contribution in [0.2, 0.25) is 0 Å². The molecule has 0 aliphatic heterocycles. The number of thioether (sulfide) groups is 1. The van der Waals surface area contributed by atoms with Gasteiger partial charge in [-0.3, -0.25) is 10.1 Å². The largest absolute Gasteiger partial charge is 0.493 e. The van der Waals surface area contributed by atoms with E-state index in [0.29, 0.717) is 27.6 Å². The number of nitrogens with one attached hydrogen (secondary N) is 1. The minimum absolute atomic E-state index is 0.170. The van der Waals surface area contributed by atoms with Crippen LogP contribution in [-0.2, 0) is 18.4 Å². The summed E-state index contributed by atoms with van der Waals surface area (Å²) < 4.78 is 13.0. The minimum Gasteiger partial charge on any atom is -0.493 e. The molecule has 1 aromatic carbocycles. The molecule has 0 fully saturated rings. The van der Waals surface area contributed by atoms with Crippen LogP contribution in [0.4, 0.5) is 5.13 Å². The fraction of sp³-hybridized carbons (Fsp3) is 0.389. The van der Waals surface area contributed by atoms with Gasteiger partial charge in [-0.15, -0.1) is 20.4 Å². The number of benzene rings is 1. The Hall–Kier alpha value is -2.66. The van der Waals surface area contributed by atoms with Crippen LogP contribution >= 0.6 is 23.1 Å². The van der Waals surface area contributed by atoms with Gasteiger partial charge in [-0.2, -0.15) is 0 Å². The standard InChI is InChI=1S/C18H22N6O3S2/c1-10-6-7-13(14(8-10)26-5)27-9-15-21-23-18(24(15)4)28-11(2)16(25)19-17-22-20-12(3)29-17/h6-8,11H,9H2,1-5H3,(H,19,22,25)/t11-/m1/s1. The molecule has 0 radical (unpaired) electrons. The lowest BCUT2D eigenvalue weighted by atomic mass is 10.2. The molecular weight excluding hydrogens is 412 g/mol. The summed E-state index contributed by atoms with van der Waals surface area (Å²) in [6.45, 7) is 5.85. The van der Waals surface area contributed by atoms with E-state index in [1.165, 1.54) is 23.1 Å². The molecule has 9 nitrogen and oxygen atoms in total. The average Bonchev–Trinajstić information content (AvgIpc) is 3.26. The molecule has 2 aromatic heterocycles. The van der Waals surface area contributed by atoms with E-state index >= 15 is 0 Å². The molecule has 11 heteroatoms. The van der Waals surface area contributed by atoms with Gasteiger partial charge in [0.1, 0.15) is 11.6 Å². The molecule has 0 aliphatic rings. The van der Waals surface area contributed by atoms with Crippen molar-refractivity contribution in [3.63, 3.8) is 0 Å². The minimum atomic E-state index is -0.381. The zero-order chi connectivity index (χ0) is 21.0. The van der Waals surface area contributed by atoms with Gasteiger partial charge in [-0.1, -0.05) is 29.2 Å². The molecule has 1 amide bonds. The first kappa shape index (κ1) is 21.1. The maximum Gasteiger partial charge on any atom is 0.239 e. The highest BCUT2D eigenvalue weighted by molar-refractivity contribution is 8.00. The highest BCUT2D eigenvalue weighted by atomic mass is 32.2. The lowest BCUT2D eigenvalue weighted by Gasteiger charge is -2.12. The molecule has 1 atom stereocenters. The van der Waals surface area contributed by atoms with Gasteiger partial charge in [0, 0.05) is 7.05 Å². The third-order valence-corrected chi connectivity index (χ3v) is 5.90. The van der Waals surface area contributed by atoms with Crippen molar-refractivity contribution in [2.75, 3.05) is 12.4 Å². The molecule has 3 aromatic rings. The molecule has 2 heterocycles. The topological polar surface area (TPSA) is 104 Å².